The fourth-order valence-corrected chi connectivity index (χ4v) is 6.27. The Kier molecular flexibility index (Phi) is 8.57. The van der Waals surface area contributed by atoms with Crippen LogP contribution in [0.2, 0.25) is 5.02 Å². The number of amides is 1. The van der Waals surface area contributed by atoms with Crippen LogP contribution in [0.1, 0.15) is 53.2 Å². The number of oxime groups is 1. The van der Waals surface area contributed by atoms with Crippen LogP contribution < -0.4 is 8.92 Å². The van der Waals surface area contributed by atoms with Gasteiger partial charge in [-0.3, -0.25) is 9.78 Å². The molecule has 0 N–H and O–H groups in total. The zero-order valence-electron chi connectivity index (χ0n) is 21.9. The van der Waals surface area contributed by atoms with Crippen LogP contribution in [0.15, 0.2) is 41.1 Å². The Bertz CT molecular complexity index is 1610. The van der Waals surface area contributed by atoms with E-state index in [1.54, 1.807) is 17.0 Å². The average Bonchev–Trinajstić information content (AvgIpc) is 3.61. The van der Waals surface area contributed by atoms with E-state index in [2.05, 4.69) is 15.1 Å². The summed E-state index contributed by atoms with van der Waals surface area (Å²) in [5.74, 6) is -0.576. The van der Waals surface area contributed by atoms with Crippen LogP contribution in [0.3, 0.4) is 0 Å². The standard InChI is InChI=1S/C25H23ClF3N5O6S2/c1-42(36,37)40-18-4-2-3-15(26)23(18)19-9-16(33-39-19)17-13-41-24(31-17)14-5-7-34(8-6-14)22(35)12-38-21-11-30-10-20(32-21)25(27,28)29/h2-4,10-11,13-14,19H,5-9,12H2,1H3. The van der Waals surface area contributed by atoms with Gasteiger partial charge in [-0.1, -0.05) is 22.8 Å². The van der Waals surface area contributed by atoms with E-state index in [9.17, 15) is 26.4 Å². The molecule has 1 saturated heterocycles. The molecule has 224 valence electrons. The first kappa shape index (κ1) is 30.0. The Morgan fingerprint density at radius 3 is 2.69 bits per heavy atom. The van der Waals surface area contributed by atoms with Gasteiger partial charge in [0, 0.05) is 30.8 Å². The Labute approximate surface area is 247 Å². The zero-order valence-corrected chi connectivity index (χ0v) is 24.3. The van der Waals surface area contributed by atoms with Crippen molar-refractivity contribution in [2.45, 2.75) is 37.5 Å². The highest BCUT2D eigenvalue weighted by atomic mass is 35.5. The van der Waals surface area contributed by atoms with E-state index in [0.29, 0.717) is 55.5 Å². The highest BCUT2D eigenvalue weighted by Gasteiger charge is 2.34. The Balaban J connectivity index is 1.15. The molecular formula is C25H23ClF3N5O6S2. The number of thiazole rings is 1. The Morgan fingerprint density at radius 2 is 1.98 bits per heavy atom. The van der Waals surface area contributed by atoms with E-state index in [-0.39, 0.29) is 28.5 Å². The van der Waals surface area contributed by atoms with E-state index in [1.807, 2.05) is 5.38 Å². The molecule has 2 aromatic heterocycles. The summed E-state index contributed by atoms with van der Waals surface area (Å²) in [6.45, 7) is 0.404. The van der Waals surface area contributed by atoms with Crippen molar-refractivity contribution < 1.29 is 40.1 Å². The Morgan fingerprint density at radius 1 is 1.21 bits per heavy atom. The molecule has 1 unspecified atom stereocenters. The summed E-state index contributed by atoms with van der Waals surface area (Å²) in [5, 5.41) is 7.18. The molecule has 1 atom stereocenters. The zero-order chi connectivity index (χ0) is 30.1. The lowest BCUT2D eigenvalue weighted by atomic mass is 9.97. The molecule has 1 aromatic carbocycles. The van der Waals surface area contributed by atoms with Gasteiger partial charge in [-0.05, 0) is 25.0 Å². The number of likely N-dealkylation sites (tertiary alicyclic amines) is 1. The lowest BCUT2D eigenvalue weighted by Crippen LogP contribution is -2.40. The van der Waals surface area contributed by atoms with Gasteiger partial charge in [-0.2, -0.15) is 21.6 Å². The fraction of sp³-hybridized carbons (Fsp3) is 0.400. The summed E-state index contributed by atoms with van der Waals surface area (Å²) in [5.41, 5.74) is 0.385. The summed E-state index contributed by atoms with van der Waals surface area (Å²) in [7, 11) is -3.79. The molecule has 2 aliphatic heterocycles. The van der Waals surface area contributed by atoms with Crippen molar-refractivity contribution in [3.63, 3.8) is 0 Å². The van der Waals surface area contributed by atoms with Crippen molar-refractivity contribution in [3.8, 4) is 11.6 Å². The maximum Gasteiger partial charge on any atom is 0.435 e. The molecule has 17 heteroatoms. The number of nitrogens with zero attached hydrogens (tertiary/aromatic N) is 5. The minimum Gasteiger partial charge on any atom is -0.466 e. The number of benzene rings is 1. The van der Waals surface area contributed by atoms with Crippen LogP contribution in [0, 0.1) is 0 Å². The molecule has 0 radical (unpaired) electrons. The summed E-state index contributed by atoms with van der Waals surface area (Å²) in [6.07, 6.45) is -1.20. The van der Waals surface area contributed by atoms with Crippen LogP contribution in [-0.4, -0.2) is 65.8 Å². The minimum absolute atomic E-state index is 0.0693. The molecule has 0 aliphatic carbocycles. The van der Waals surface area contributed by atoms with E-state index in [1.165, 1.54) is 17.4 Å². The topological polar surface area (TPSA) is 133 Å². The van der Waals surface area contributed by atoms with Gasteiger partial charge in [-0.15, -0.1) is 11.3 Å². The molecule has 42 heavy (non-hydrogen) atoms. The van der Waals surface area contributed by atoms with Gasteiger partial charge in [0.1, 0.15) is 5.71 Å². The first-order valence-electron chi connectivity index (χ1n) is 12.5. The second-order valence-corrected chi connectivity index (χ2v) is 12.4. The van der Waals surface area contributed by atoms with Gasteiger partial charge in [0.2, 0.25) is 5.88 Å². The lowest BCUT2D eigenvalue weighted by molar-refractivity contribution is -0.141. The third-order valence-electron chi connectivity index (χ3n) is 6.51. The lowest BCUT2D eigenvalue weighted by Gasteiger charge is -2.31. The van der Waals surface area contributed by atoms with Crippen molar-refractivity contribution >= 4 is 44.7 Å². The van der Waals surface area contributed by atoms with Crippen LogP contribution in [0.25, 0.3) is 0 Å². The SMILES string of the molecule is CS(=O)(=O)Oc1cccc(Cl)c1C1CC(c2csc(C3CCN(C(=O)COc4cncc(C(F)(F)F)n4)CC3)n2)=NO1. The maximum atomic E-state index is 12.8. The van der Waals surface area contributed by atoms with Crippen LogP contribution in [0.4, 0.5) is 13.2 Å². The van der Waals surface area contributed by atoms with Crippen molar-refractivity contribution in [1.82, 2.24) is 19.9 Å². The summed E-state index contributed by atoms with van der Waals surface area (Å²) < 4.78 is 72.1. The first-order valence-corrected chi connectivity index (χ1v) is 15.6. The van der Waals surface area contributed by atoms with E-state index < -0.39 is 34.7 Å². The number of hydrogen-bond donors (Lipinski definition) is 0. The molecule has 0 saturated carbocycles. The number of rotatable bonds is 8. The molecule has 4 heterocycles. The molecule has 1 fully saturated rings. The number of carbonyl (C=O) groups excluding carboxylic acids is 1. The van der Waals surface area contributed by atoms with Crippen LogP contribution >= 0.6 is 22.9 Å². The van der Waals surface area contributed by atoms with Gasteiger partial charge < -0.3 is 18.7 Å². The molecule has 3 aromatic rings. The molecule has 2 aliphatic rings. The van der Waals surface area contributed by atoms with Crippen molar-refractivity contribution in [3.05, 3.63) is 63.0 Å². The third kappa shape index (κ3) is 7.10. The number of ether oxygens (including phenoxy) is 1. The molecular weight excluding hydrogens is 623 g/mol. The minimum atomic E-state index is -4.67. The smallest absolute Gasteiger partial charge is 0.435 e. The molecule has 0 bridgehead atoms. The van der Waals surface area contributed by atoms with Crippen molar-refractivity contribution in [2.24, 2.45) is 5.16 Å². The van der Waals surface area contributed by atoms with Gasteiger partial charge in [-0.25, -0.2) is 9.97 Å². The number of piperidine rings is 1. The van der Waals surface area contributed by atoms with Gasteiger partial charge in [0.15, 0.2) is 24.2 Å². The van der Waals surface area contributed by atoms with E-state index in [0.717, 1.165) is 17.5 Å². The second kappa shape index (κ2) is 12.0. The number of hydrogen-bond acceptors (Lipinski definition) is 11. The van der Waals surface area contributed by atoms with E-state index >= 15 is 0 Å². The first-order chi connectivity index (χ1) is 19.9. The van der Waals surface area contributed by atoms with Crippen molar-refractivity contribution in [1.29, 1.82) is 0 Å². The van der Waals surface area contributed by atoms with Gasteiger partial charge in [0.05, 0.1) is 39.9 Å². The highest BCUT2D eigenvalue weighted by Crippen LogP contribution is 2.40. The molecule has 1 amide bonds. The summed E-state index contributed by atoms with van der Waals surface area (Å²) in [4.78, 5) is 31.3. The van der Waals surface area contributed by atoms with Crippen LogP contribution in [-0.2, 0) is 25.9 Å². The predicted octanol–water partition coefficient (Wildman–Crippen LogP) is 4.59. The third-order valence-corrected chi connectivity index (χ3v) is 8.32. The highest BCUT2D eigenvalue weighted by molar-refractivity contribution is 7.86. The molecule has 11 nitrogen and oxygen atoms in total. The quantitative estimate of drug-likeness (QED) is 0.323. The monoisotopic (exact) mass is 645 g/mol. The molecule has 0 spiro atoms. The normalized spacial score (nSPS) is 18.0. The second-order valence-electron chi connectivity index (χ2n) is 9.53. The largest absolute Gasteiger partial charge is 0.466 e. The molecule has 5 rings (SSSR count). The number of alkyl halides is 3. The number of aromatic nitrogens is 3. The van der Waals surface area contributed by atoms with E-state index in [4.69, 9.17) is 30.3 Å². The Hall–Kier alpha value is -3.50. The number of carbonyl (C=O) groups is 1. The van der Waals surface area contributed by atoms with Crippen molar-refractivity contribution in [2.75, 3.05) is 26.0 Å². The van der Waals surface area contributed by atoms with Gasteiger partial charge >= 0.3 is 16.3 Å². The fourth-order valence-electron chi connectivity index (χ4n) is 4.51. The average molecular weight is 646 g/mol. The maximum absolute atomic E-state index is 12.8. The van der Waals surface area contributed by atoms with Gasteiger partial charge in [0.25, 0.3) is 5.91 Å². The van der Waals surface area contributed by atoms with Crippen LogP contribution in [0.5, 0.6) is 11.6 Å². The number of halogens is 4. The summed E-state index contributed by atoms with van der Waals surface area (Å²) in [6, 6.07) is 4.68. The predicted molar refractivity (Wildman–Crippen MR) is 145 cm³/mol. The summed E-state index contributed by atoms with van der Waals surface area (Å²) >= 11 is 7.81.